The summed E-state index contributed by atoms with van der Waals surface area (Å²) < 4.78 is 7.04. The fourth-order valence-corrected chi connectivity index (χ4v) is 2.79. The zero-order chi connectivity index (χ0) is 18.8. The summed E-state index contributed by atoms with van der Waals surface area (Å²) in [5, 5.41) is 15.5. The Balaban J connectivity index is 1.52. The minimum Gasteiger partial charge on any atom is -0.345 e. The molecule has 0 saturated carbocycles. The predicted molar refractivity (Wildman–Crippen MR) is 98.3 cm³/mol. The molecule has 0 fully saturated rings. The van der Waals surface area contributed by atoms with Gasteiger partial charge in [0.25, 0.3) is 11.8 Å². The van der Waals surface area contributed by atoms with Gasteiger partial charge < -0.3 is 9.84 Å². The fraction of sp³-hybridized carbons (Fsp3) is 0.167. The SMILES string of the molecule is CCc1noc(-c2ccn3c(CNC(=O)c4cccc(Cl)c4)nnc3c2)n1. The van der Waals surface area contributed by atoms with Gasteiger partial charge in [-0.05, 0) is 30.3 Å². The molecule has 1 aromatic carbocycles. The van der Waals surface area contributed by atoms with Crippen molar-refractivity contribution in [1.29, 1.82) is 0 Å². The van der Waals surface area contributed by atoms with Gasteiger partial charge in [-0.15, -0.1) is 10.2 Å². The first-order valence-corrected chi connectivity index (χ1v) is 8.72. The van der Waals surface area contributed by atoms with E-state index >= 15 is 0 Å². The maximum absolute atomic E-state index is 12.2. The number of fused-ring (bicyclic) bond motifs is 1. The van der Waals surface area contributed by atoms with E-state index in [1.165, 1.54) is 0 Å². The molecule has 0 spiro atoms. The van der Waals surface area contributed by atoms with E-state index in [9.17, 15) is 4.79 Å². The third-order valence-electron chi connectivity index (χ3n) is 4.01. The molecule has 0 atom stereocenters. The second kappa shape index (κ2) is 7.16. The van der Waals surface area contributed by atoms with Gasteiger partial charge >= 0.3 is 0 Å². The van der Waals surface area contributed by atoms with Gasteiger partial charge in [0.15, 0.2) is 17.3 Å². The summed E-state index contributed by atoms with van der Waals surface area (Å²) in [6.45, 7) is 2.19. The molecular weight excluding hydrogens is 368 g/mol. The van der Waals surface area contributed by atoms with Crippen LogP contribution in [0.1, 0.15) is 28.9 Å². The first-order chi connectivity index (χ1) is 13.1. The lowest BCUT2D eigenvalue weighted by molar-refractivity contribution is 0.0950. The fourth-order valence-electron chi connectivity index (χ4n) is 2.60. The van der Waals surface area contributed by atoms with Crippen molar-refractivity contribution >= 4 is 23.2 Å². The molecule has 136 valence electrons. The zero-order valence-corrected chi connectivity index (χ0v) is 15.1. The highest BCUT2D eigenvalue weighted by Gasteiger charge is 2.13. The van der Waals surface area contributed by atoms with Gasteiger partial charge in [0.2, 0.25) is 0 Å². The van der Waals surface area contributed by atoms with Crippen LogP contribution in [0.25, 0.3) is 17.1 Å². The third-order valence-corrected chi connectivity index (χ3v) is 4.24. The predicted octanol–water partition coefficient (Wildman–Crippen LogP) is 2.93. The van der Waals surface area contributed by atoms with Crippen molar-refractivity contribution in [3.8, 4) is 11.5 Å². The minimum absolute atomic E-state index is 0.229. The molecule has 0 aliphatic heterocycles. The van der Waals surface area contributed by atoms with Crippen molar-refractivity contribution in [2.24, 2.45) is 0 Å². The number of amides is 1. The number of aryl methyl sites for hydroxylation is 1. The Kier molecular flexibility index (Phi) is 4.55. The molecule has 1 amide bonds. The maximum Gasteiger partial charge on any atom is 0.258 e. The number of aromatic nitrogens is 5. The molecule has 0 aliphatic carbocycles. The van der Waals surface area contributed by atoms with Crippen LogP contribution in [-0.2, 0) is 13.0 Å². The monoisotopic (exact) mass is 382 g/mol. The highest BCUT2D eigenvalue weighted by atomic mass is 35.5. The maximum atomic E-state index is 12.2. The van der Waals surface area contributed by atoms with Crippen LogP contribution < -0.4 is 5.32 Å². The molecule has 4 aromatic rings. The topological polar surface area (TPSA) is 98.2 Å². The third kappa shape index (κ3) is 3.52. The Labute approximate surface area is 159 Å². The summed E-state index contributed by atoms with van der Waals surface area (Å²) in [5.74, 6) is 1.46. The van der Waals surface area contributed by atoms with Crippen LogP contribution in [0.4, 0.5) is 0 Å². The number of benzene rings is 1. The number of hydrogen-bond donors (Lipinski definition) is 1. The molecule has 3 aromatic heterocycles. The van der Waals surface area contributed by atoms with Gasteiger partial charge in [-0.3, -0.25) is 9.20 Å². The van der Waals surface area contributed by atoms with E-state index in [0.29, 0.717) is 40.2 Å². The Morgan fingerprint density at radius 3 is 2.93 bits per heavy atom. The Bertz CT molecular complexity index is 1120. The molecule has 8 nitrogen and oxygen atoms in total. The standard InChI is InChI=1S/C18H15ClN6O2/c1-2-14-21-18(27-24-14)12-6-7-25-15(9-12)22-23-16(25)10-20-17(26)11-4-3-5-13(19)8-11/h3-9H,2,10H2,1H3,(H,20,26). The van der Waals surface area contributed by atoms with Crippen molar-refractivity contribution in [1.82, 2.24) is 30.1 Å². The van der Waals surface area contributed by atoms with Crippen molar-refractivity contribution < 1.29 is 9.32 Å². The molecule has 0 saturated heterocycles. The van der Waals surface area contributed by atoms with Gasteiger partial charge in [-0.2, -0.15) is 4.98 Å². The molecule has 3 heterocycles. The van der Waals surface area contributed by atoms with Crippen LogP contribution in [0, 0.1) is 0 Å². The van der Waals surface area contributed by atoms with E-state index in [-0.39, 0.29) is 12.5 Å². The van der Waals surface area contributed by atoms with Gasteiger partial charge in [0.1, 0.15) is 0 Å². The van der Waals surface area contributed by atoms with E-state index in [0.717, 1.165) is 5.56 Å². The van der Waals surface area contributed by atoms with Crippen LogP contribution in [-0.4, -0.2) is 30.6 Å². The van der Waals surface area contributed by atoms with Crippen LogP contribution in [0.3, 0.4) is 0 Å². The number of nitrogens with one attached hydrogen (secondary N) is 1. The first-order valence-electron chi connectivity index (χ1n) is 8.34. The van der Waals surface area contributed by atoms with E-state index < -0.39 is 0 Å². The van der Waals surface area contributed by atoms with Crippen molar-refractivity contribution in [2.45, 2.75) is 19.9 Å². The second-order valence-corrected chi connectivity index (χ2v) is 6.26. The largest absolute Gasteiger partial charge is 0.345 e. The van der Waals surface area contributed by atoms with Gasteiger partial charge in [0.05, 0.1) is 6.54 Å². The summed E-state index contributed by atoms with van der Waals surface area (Å²) in [6, 6.07) is 10.4. The average Bonchev–Trinajstić information content (AvgIpc) is 3.32. The quantitative estimate of drug-likeness (QED) is 0.569. The van der Waals surface area contributed by atoms with Gasteiger partial charge in [-0.25, -0.2) is 0 Å². The molecule has 0 unspecified atom stereocenters. The molecule has 0 aliphatic rings. The van der Waals surface area contributed by atoms with E-state index in [4.69, 9.17) is 16.1 Å². The van der Waals surface area contributed by atoms with Crippen LogP contribution in [0.15, 0.2) is 47.1 Å². The first kappa shape index (κ1) is 17.2. The summed E-state index contributed by atoms with van der Waals surface area (Å²) in [7, 11) is 0. The van der Waals surface area contributed by atoms with Crippen LogP contribution >= 0.6 is 11.6 Å². The number of halogens is 1. The number of carbonyl (C=O) groups excluding carboxylic acids is 1. The van der Waals surface area contributed by atoms with Gasteiger partial charge in [-0.1, -0.05) is 29.7 Å². The van der Waals surface area contributed by atoms with Crippen LogP contribution in [0.2, 0.25) is 5.02 Å². The number of nitrogens with zero attached hydrogens (tertiary/aromatic N) is 5. The summed E-state index contributed by atoms with van der Waals surface area (Å²) >= 11 is 5.92. The molecule has 0 bridgehead atoms. The second-order valence-electron chi connectivity index (χ2n) is 5.82. The lowest BCUT2D eigenvalue weighted by atomic mass is 10.2. The Morgan fingerprint density at radius 1 is 1.26 bits per heavy atom. The number of hydrogen-bond acceptors (Lipinski definition) is 6. The normalized spacial score (nSPS) is 11.0. The Hall–Kier alpha value is -3.26. The summed E-state index contributed by atoms with van der Waals surface area (Å²) in [4.78, 5) is 16.6. The highest BCUT2D eigenvalue weighted by molar-refractivity contribution is 6.30. The van der Waals surface area contributed by atoms with Crippen molar-refractivity contribution in [3.05, 3.63) is 64.8 Å². The minimum atomic E-state index is -0.233. The van der Waals surface area contributed by atoms with E-state index in [1.54, 1.807) is 34.9 Å². The van der Waals surface area contributed by atoms with E-state index in [1.807, 2.05) is 19.1 Å². The smallest absolute Gasteiger partial charge is 0.258 e. The summed E-state index contributed by atoms with van der Waals surface area (Å²) in [5.41, 5.74) is 1.87. The van der Waals surface area contributed by atoms with E-state index in [2.05, 4.69) is 25.7 Å². The molecule has 9 heteroatoms. The number of carbonyl (C=O) groups is 1. The van der Waals surface area contributed by atoms with Gasteiger partial charge in [0, 0.05) is 28.8 Å². The molecule has 0 radical (unpaired) electrons. The van der Waals surface area contributed by atoms with Crippen molar-refractivity contribution in [3.63, 3.8) is 0 Å². The summed E-state index contributed by atoms with van der Waals surface area (Å²) in [6.07, 6.45) is 2.51. The zero-order valence-electron chi connectivity index (χ0n) is 14.4. The lowest BCUT2D eigenvalue weighted by Gasteiger charge is -2.05. The number of pyridine rings is 1. The molecular formula is C18H15ClN6O2. The average molecular weight is 383 g/mol. The van der Waals surface area contributed by atoms with Crippen LogP contribution in [0.5, 0.6) is 0 Å². The lowest BCUT2D eigenvalue weighted by Crippen LogP contribution is -2.23. The molecule has 27 heavy (non-hydrogen) atoms. The highest BCUT2D eigenvalue weighted by Crippen LogP contribution is 2.19. The molecule has 1 N–H and O–H groups in total. The van der Waals surface area contributed by atoms with Crippen molar-refractivity contribution in [2.75, 3.05) is 0 Å². The number of rotatable bonds is 5. The molecule has 4 rings (SSSR count). The Morgan fingerprint density at radius 2 is 2.15 bits per heavy atom.